The van der Waals surface area contributed by atoms with Gasteiger partial charge in [-0.3, -0.25) is 4.79 Å². The summed E-state index contributed by atoms with van der Waals surface area (Å²) in [6, 6.07) is 23.7. The Morgan fingerprint density at radius 1 is 1.05 bits per heavy atom. The lowest BCUT2D eigenvalue weighted by Crippen LogP contribution is -2.23. The molecule has 0 aliphatic heterocycles. The summed E-state index contributed by atoms with van der Waals surface area (Å²) in [5.41, 5.74) is 1.98. The highest BCUT2D eigenvalue weighted by molar-refractivity contribution is 9.10. The van der Waals surface area contributed by atoms with Crippen molar-refractivity contribution >= 4 is 49.8 Å². The molecule has 0 aliphatic carbocycles. The van der Waals surface area contributed by atoms with Crippen LogP contribution >= 0.6 is 15.9 Å². The highest BCUT2D eigenvalue weighted by Crippen LogP contribution is 2.28. The minimum Gasteiger partial charge on any atom is -0.488 e. The van der Waals surface area contributed by atoms with E-state index in [9.17, 15) is 14.7 Å². The number of aromatic carboxylic acids is 1. The molecule has 190 valence electrons. The Labute approximate surface area is 227 Å². The number of fused-ring (bicyclic) bond motifs is 2. The van der Waals surface area contributed by atoms with Crippen LogP contribution in [0.4, 0.5) is 0 Å². The Hall–Kier alpha value is -4.30. The maximum Gasteiger partial charge on any atom is 0.335 e. The van der Waals surface area contributed by atoms with Crippen LogP contribution < -0.4 is 10.3 Å². The molecule has 0 unspecified atom stereocenters. The van der Waals surface area contributed by atoms with Gasteiger partial charge in [0.05, 0.1) is 22.7 Å². The minimum absolute atomic E-state index is 0.0438. The lowest BCUT2D eigenvalue weighted by atomic mass is 10.0. The van der Waals surface area contributed by atoms with E-state index < -0.39 is 5.97 Å². The minimum atomic E-state index is -0.993. The summed E-state index contributed by atoms with van der Waals surface area (Å²) in [5.74, 6) is 0.0727. The maximum atomic E-state index is 13.5. The van der Waals surface area contributed by atoms with Gasteiger partial charge in [-0.05, 0) is 52.7 Å². The molecule has 7 nitrogen and oxygen atoms in total. The van der Waals surface area contributed by atoms with Crippen LogP contribution in [0.15, 0.2) is 93.2 Å². The third-order valence-electron chi connectivity index (χ3n) is 6.15. The van der Waals surface area contributed by atoms with Gasteiger partial charge in [-0.2, -0.15) is 9.78 Å². The molecule has 0 saturated heterocycles. The fourth-order valence-corrected chi connectivity index (χ4v) is 4.62. The normalized spacial score (nSPS) is 11.6. The molecular weight excluding hydrogens is 546 g/mol. The van der Waals surface area contributed by atoms with Crippen molar-refractivity contribution < 1.29 is 14.6 Å². The monoisotopic (exact) mass is 569 g/mol. The second-order valence-corrected chi connectivity index (χ2v) is 10.1. The first kappa shape index (κ1) is 25.4. The molecular formula is C30H24BrN3O4. The molecule has 0 saturated carbocycles. The number of rotatable bonds is 7. The van der Waals surface area contributed by atoms with Crippen molar-refractivity contribution in [3.8, 4) is 5.75 Å². The number of halogens is 1. The molecule has 0 fully saturated rings. The number of hydrogen-bond donors (Lipinski definition) is 1. The number of carboxylic acid groups (broad SMARTS) is 1. The van der Waals surface area contributed by atoms with E-state index in [1.807, 2.05) is 68.4 Å². The van der Waals surface area contributed by atoms with Crippen LogP contribution in [0.3, 0.4) is 0 Å². The van der Waals surface area contributed by atoms with Crippen molar-refractivity contribution in [1.82, 2.24) is 9.66 Å². The molecule has 0 radical (unpaired) electrons. The lowest BCUT2D eigenvalue weighted by molar-refractivity contribution is 0.0696. The second-order valence-electron chi connectivity index (χ2n) is 9.14. The molecule has 5 rings (SSSR count). The molecule has 1 heterocycles. The number of carbonyl (C=O) groups is 1. The molecule has 0 bridgehead atoms. The molecule has 5 aromatic rings. The van der Waals surface area contributed by atoms with Gasteiger partial charge in [0.25, 0.3) is 5.56 Å². The molecule has 0 atom stereocenters. The SMILES string of the molecule is CC(C)c1nc2ccc(Br)cc2c(=O)n1N=Cc1c(OCc2cccc(C(=O)O)c2)ccc2ccccc12. The first-order valence-corrected chi connectivity index (χ1v) is 12.8. The summed E-state index contributed by atoms with van der Waals surface area (Å²) in [6.07, 6.45) is 1.63. The van der Waals surface area contributed by atoms with E-state index in [1.165, 1.54) is 4.68 Å². The Bertz CT molecular complexity index is 1780. The first-order valence-electron chi connectivity index (χ1n) is 12.0. The highest BCUT2D eigenvalue weighted by atomic mass is 79.9. The summed E-state index contributed by atoms with van der Waals surface area (Å²) in [5, 5.41) is 16.3. The largest absolute Gasteiger partial charge is 0.488 e. The van der Waals surface area contributed by atoms with Crippen LogP contribution in [0.5, 0.6) is 5.75 Å². The van der Waals surface area contributed by atoms with E-state index in [1.54, 1.807) is 30.5 Å². The first-order chi connectivity index (χ1) is 18.3. The number of nitrogens with zero attached hydrogens (tertiary/aromatic N) is 3. The number of carboxylic acids is 1. The fraction of sp³-hybridized carbons (Fsp3) is 0.133. The molecule has 8 heteroatoms. The Balaban J connectivity index is 1.60. The van der Waals surface area contributed by atoms with Gasteiger partial charge < -0.3 is 9.84 Å². The molecule has 1 N–H and O–H groups in total. The summed E-state index contributed by atoms with van der Waals surface area (Å²) in [7, 11) is 0. The van der Waals surface area contributed by atoms with E-state index in [-0.39, 0.29) is 23.6 Å². The molecule has 0 spiro atoms. The van der Waals surface area contributed by atoms with Crippen LogP contribution in [0.2, 0.25) is 0 Å². The van der Waals surface area contributed by atoms with Crippen LogP contribution in [-0.4, -0.2) is 27.0 Å². The summed E-state index contributed by atoms with van der Waals surface area (Å²) >= 11 is 3.44. The van der Waals surface area contributed by atoms with Crippen molar-refractivity contribution in [2.75, 3.05) is 0 Å². The molecule has 0 amide bonds. The zero-order chi connectivity index (χ0) is 26.8. The van der Waals surface area contributed by atoms with Crippen LogP contribution in [0.1, 0.15) is 47.1 Å². The molecule has 38 heavy (non-hydrogen) atoms. The molecule has 1 aromatic heterocycles. The van der Waals surface area contributed by atoms with Crippen molar-refractivity contribution in [1.29, 1.82) is 0 Å². The van der Waals surface area contributed by atoms with E-state index in [0.717, 1.165) is 20.8 Å². The third-order valence-corrected chi connectivity index (χ3v) is 6.64. The zero-order valence-electron chi connectivity index (χ0n) is 20.8. The highest BCUT2D eigenvalue weighted by Gasteiger charge is 2.15. The smallest absolute Gasteiger partial charge is 0.335 e. The zero-order valence-corrected chi connectivity index (χ0v) is 22.3. The Morgan fingerprint density at radius 3 is 2.66 bits per heavy atom. The van der Waals surface area contributed by atoms with E-state index in [4.69, 9.17) is 9.72 Å². The van der Waals surface area contributed by atoms with Gasteiger partial charge in [-0.25, -0.2) is 9.78 Å². The fourth-order valence-electron chi connectivity index (χ4n) is 4.26. The van der Waals surface area contributed by atoms with Crippen molar-refractivity contribution in [3.05, 3.63) is 116 Å². The van der Waals surface area contributed by atoms with Gasteiger partial charge in [0.1, 0.15) is 18.2 Å². The predicted molar refractivity (Wildman–Crippen MR) is 152 cm³/mol. The topological polar surface area (TPSA) is 93.8 Å². The van der Waals surface area contributed by atoms with Gasteiger partial charge in [0.2, 0.25) is 0 Å². The van der Waals surface area contributed by atoms with Crippen LogP contribution in [-0.2, 0) is 6.61 Å². The van der Waals surface area contributed by atoms with Crippen molar-refractivity contribution in [2.45, 2.75) is 26.4 Å². The van der Waals surface area contributed by atoms with E-state index >= 15 is 0 Å². The summed E-state index contributed by atoms with van der Waals surface area (Å²) in [4.78, 5) is 29.6. The average Bonchev–Trinajstić information content (AvgIpc) is 2.91. The van der Waals surface area contributed by atoms with Gasteiger partial charge >= 0.3 is 5.97 Å². The van der Waals surface area contributed by atoms with Crippen molar-refractivity contribution in [3.63, 3.8) is 0 Å². The average molecular weight is 570 g/mol. The summed E-state index contributed by atoms with van der Waals surface area (Å²) < 4.78 is 8.29. The van der Waals surface area contributed by atoms with Crippen molar-refractivity contribution in [2.24, 2.45) is 5.10 Å². The van der Waals surface area contributed by atoms with Gasteiger partial charge in [-0.1, -0.05) is 72.2 Å². The molecule has 4 aromatic carbocycles. The lowest BCUT2D eigenvalue weighted by Gasteiger charge is -2.14. The predicted octanol–water partition coefficient (Wildman–Crippen LogP) is 6.60. The Kier molecular flexibility index (Phi) is 7.07. The summed E-state index contributed by atoms with van der Waals surface area (Å²) in [6.45, 7) is 4.11. The number of aromatic nitrogens is 2. The Morgan fingerprint density at radius 2 is 1.87 bits per heavy atom. The quantitative estimate of drug-likeness (QED) is 0.223. The maximum absolute atomic E-state index is 13.5. The van der Waals surface area contributed by atoms with Gasteiger partial charge in [0, 0.05) is 16.0 Å². The molecule has 0 aliphatic rings. The van der Waals surface area contributed by atoms with E-state index in [0.29, 0.717) is 28.0 Å². The van der Waals surface area contributed by atoms with Gasteiger partial charge in [0.15, 0.2) is 0 Å². The number of hydrogen-bond acceptors (Lipinski definition) is 5. The van der Waals surface area contributed by atoms with Gasteiger partial charge in [-0.15, -0.1) is 0 Å². The standard InChI is InChI=1S/C30H24BrN3O4/c1-18(2)28-33-26-12-11-22(31)15-24(26)29(35)34(28)32-16-25-23-9-4-3-7-20(23)10-13-27(25)38-17-19-6-5-8-21(14-19)30(36)37/h3-16,18H,17H2,1-2H3,(H,36,37). The third kappa shape index (κ3) is 5.08. The van der Waals surface area contributed by atoms with Crippen LogP contribution in [0, 0.1) is 0 Å². The van der Waals surface area contributed by atoms with E-state index in [2.05, 4.69) is 21.0 Å². The van der Waals surface area contributed by atoms with Crippen LogP contribution in [0.25, 0.3) is 21.7 Å². The second kappa shape index (κ2) is 10.6. The number of ether oxygens (including phenoxy) is 1. The number of benzene rings is 4.